The number of amides is 2. The van der Waals surface area contributed by atoms with E-state index in [1.165, 1.54) is 12.7 Å². The van der Waals surface area contributed by atoms with E-state index < -0.39 is 22.8 Å². The quantitative estimate of drug-likeness (QED) is 0.0521. The lowest BCUT2D eigenvalue weighted by Gasteiger charge is -2.33. The minimum absolute atomic E-state index is 0. The highest BCUT2D eigenvalue weighted by Gasteiger charge is 2.39. The average molecular weight is 1140 g/mol. The summed E-state index contributed by atoms with van der Waals surface area (Å²) in [5.41, 5.74) is 9.05. The molecule has 0 aliphatic heterocycles. The smallest absolute Gasteiger partial charge is 0.306 e. The molecule has 5 saturated carbocycles. The fourth-order valence-electron chi connectivity index (χ4n) is 8.93. The Labute approximate surface area is 473 Å². The fraction of sp³-hybridized carbons (Fsp3) is 0.778. The summed E-state index contributed by atoms with van der Waals surface area (Å²) < 4.78 is 20.9. The number of aliphatic imine (C=N–C) groups is 1. The van der Waals surface area contributed by atoms with Gasteiger partial charge in [0.2, 0.25) is 11.8 Å². The zero-order valence-corrected chi connectivity index (χ0v) is 50.1. The van der Waals surface area contributed by atoms with Crippen LogP contribution in [0, 0.1) is 41.4 Å². The Bertz CT molecular complexity index is 2130. The molecule has 2 heterocycles. The summed E-state index contributed by atoms with van der Waals surface area (Å²) in [5.74, 6) is 1.97. The van der Waals surface area contributed by atoms with Gasteiger partial charge in [-0.05, 0) is 171 Å². The molecular weight excluding hydrogens is 1050 g/mol. The van der Waals surface area contributed by atoms with Crippen LogP contribution in [0.4, 0.5) is 0 Å². The molecule has 78 heavy (non-hydrogen) atoms. The number of nitrogens with zero attached hydrogens (tertiary/aromatic N) is 6. The largest absolute Gasteiger partial charge is 0.481 e. The second kappa shape index (κ2) is 31.5. The second-order valence-electron chi connectivity index (χ2n) is 25.3. The fourth-order valence-corrected chi connectivity index (χ4v) is 8.93. The van der Waals surface area contributed by atoms with E-state index in [9.17, 15) is 33.6 Å². The van der Waals surface area contributed by atoms with Crippen molar-refractivity contribution in [2.75, 3.05) is 14.1 Å². The molecule has 0 saturated heterocycles. The maximum atomic E-state index is 11.6. The number of carboxylic acids is 1. The van der Waals surface area contributed by atoms with Gasteiger partial charge in [-0.2, -0.15) is 10.2 Å². The summed E-state index contributed by atoms with van der Waals surface area (Å²) in [6.45, 7) is 22.3. The van der Waals surface area contributed by atoms with Crippen LogP contribution in [0.1, 0.15) is 196 Å². The Morgan fingerprint density at radius 1 is 0.564 bits per heavy atom. The lowest BCUT2D eigenvalue weighted by Crippen LogP contribution is -2.37. The van der Waals surface area contributed by atoms with E-state index in [1.807, 2.05) is 97.2 Å². The zero-order valence-electron chi connectivity index (χ0n) is 48.5. The number of hydrogen-bond donors (Lipinski definition) is 5. The number of aliphatic carboxylic acids is 1. The number of esters is 4. The summed E-state index contributed by atoms with van der Waals surface area (Å²) >= 11 is 0. The molecule has 2 amide bonds. The van der Waals surface area contributed by atoms with E-state index in [2.05, 4.69) is 35.4 Å². The van der Waals surface area contributed by atoms with Crippen LogP contribution < -0.4 is 11.5 Å². The van der Waals surface area contributed by atoms with Crippen LogP contribution in [0.15, 0.2) is 17.6 Å². The molecule has 0 spiro atoms. The molecular formula is C54H92Cl2N10O12. The van der Waals surface area contributed by atoms with Gasteiger partial charge in [0, 0.05) is 69.5 Å². The van der Waals surface area contributed by atoms with Crippen LogP contribution in [0.3, 0.4) is 0 Å². The minimum Gasteiger partial charge on any atom is -0.481 e. The number of primary amides is 1. The van der Waals surface area contributed by atoms with Crippen LogP contribution in [0.2, 0.25) is 0 Å². The van der Waals surface area contributed by atoms with Crippen LogP contribution in [0.5, 0.6) is 0 Å². The number of nitrogens with two attached hydrogens (primary N) is 2. The van der Waals surface area contributed by atoms with Crippen molar-refractivity contribution >= 4 is 72.8 Å². The van der Waals surface area contributed by atoms with Crippen molar-refractivity contribution in [1.29, 1.82) is 0 Å². The van der Waals surface area contributed by atoms with Gasteiger partial charge in [0.1, 0.15) is 46.7 Å². The topological polar surface area (TPSA) is 327 Å². The van der Waals surface area contributed by atoms with Crippen LogP contribution >= 0.6 is 24.8 Å². The van der Waals surface area contributed by atoms with E-state index in [0.717, 1.165) is 63.0 Å². The number of nitrogens with one attached hydrogen (secondary N) is 2. The molecule has 7 rings (SSSR count). The number of carbonyl (C=O) groups is 7. The summed E-state index contributed by atoms with van der Waals surface area (Å²) in [4.78, 5) is 92.7. The number of halogens is 2. The number of hydrogen-bond acceptors (Lipinski definition) is 16. The predicted octanol–water partition coefficient (Wildman–Crippen LogP) is 7.80. The van der Waals surface area contributed by atoms with Gasteiger partial charge in [-0.15, -0.1) is 24.8 Å². The number of aromatic amines is 2. The number of carboxylic acid groups (broad SMARTS) is 1. The molecule has 0 bridgehead atoms. The van der Waals surface area contributed by atoms with E-state index in [4.69, 9.17) is 35.5 Å². The van der Waals surface area contributed by atoms with E-state index in [0.29, 0.717) is 62.3 Å². The van der Waals surface area contributed by atoms with Crippen molar-refractivity contribution in [2.24, 2.45) is 57.9 Å². The van der Waals surface area contributed by atoms with Crippen molar-refractivity contribution in [2.45, 2.75) is 213 Å². The summed E-state index contributed by atoms with van der Waals surface area (Å²) in [7, 11) is 3.64. The van der Waals surface area contributed by atoms with Crippen molar-refractivity contribution in [3.63, 3.8) is 0 Å². The molecule has 0 radical (unpaired) electrons. The Kier molecular flexibility index (Phi) is 28.6. The standard InChI is InChI=1S/C14H24N2O3.C12H19N3O2.C11H19NO3.C11H18O4.C6H10N4.2ClH/c1-14(2,3)19-12(17)8-10-6-11(7-10)13(18)15-9-16(4)5;1-12(2,3)17-10(16)6-8-4-9(5-8)11-13-7-14-15-11;1-11(2,3)15-9(13)6-7-4-8(5-7)10(12)14;1-11(2,3)15-9(12)6-7-4-8(5-7)10(13)14;7-5-1-4(2-5)6-8-3-9-10-6;;/h9-11H,6-8H2,1-5H3;7-9H,4-6H2,1-3H3,(H,13,14,15);7-8H,4-6H2,1-3H3,(H2,12,14);7-8H,4-6H2,1-3H3,(H,13,14);3-5H,1-2,7H2,(H,8,9,10);2*1H. The molecule has 7 N–H and O–H groups in total. The first-order chi connectivity index (χ1) is 35.0. The molecule has 5 aliphatic carbocycles. The summed E-state index contributed by atoms with van der Waals surface area (Å²) in [6, 6.07) is 0.384. The van der Waals surface area contributed by atoms with Crippen molar-refractivity contribution in [3.05, 3.63) is 24.3 Å². The first kappa shape index (κ1) is 70.8. The molecule has 444 valence electrons. The number of H-pyrrole nitrogens is 2. The highest BCUT2D eigenvalue weighted by molar-refractivity contribution is 5.87. The number of rotatable bonds is 14. The van der Waals surface area contributed by atoms with Gasteiger partial charge < -0.3 is 40.4 Å². The first-order valence-electron chi connectivity index (χ1n) is 26.6. The Hall–Kier alpha value is -5.22. The number of carbonyl (C=O) groups excluding carboxylic acids is 6. The third-order valence-corrected chi connectivity index (χ3v) is 12.8. The van der Waals surface area contributed by atoms with Crippen LogP contribution in [0.25, 0.3) is 0 Å². The molecule has 2 aromatic heterocycles. The van der Waals surface area contributed by atoms with Crippen LogP contribution in [-0.2, 0) is 52.5 Å². The van der Waals surface area contributed by atoms with E-state index in [1.54, 1.807) is 11.2 Å². The molecule has 2 aromatic rings. The normalized spacial score (nSPS) is 24.8. The summed E-state index contributed by atoms with van der Waals surface area (Å²) in [6.07, 6.45) is 14.5. The molecule has 22 nitrogen and oxygen atoms in total. The Morgan fingerprint density at radius 2 is 0.872 bits per heavy atom. The second-order valence-corrected chi connectivity index (χ2v) is 25.3. The van der Waals surface area contributed by atoms with Gasteiger partial charge in [0.25, 0.3) is 0 Å². The molecule has 24 heteroatoms. The summed E-state index contributed by atoms with van der Waals surface area (Å²) in [5, 5.41) is 22.0. The van der Waals surface area contributed by atoms with Gasteiger partial charge in [-0.3, -0.25) is 43.8 Å². The van der Waals surface area contributed by atoms with Gasteiger partial charge in [-0.1, -0.05) is 0 Å². The first-order valence-corrected chi connectivity index (χ1v) is 26.6. The highest BCUT2D eigenvalue weighted by atomic mass is 35.5. The minimum atomic E-state index is -0.754. The zero-order chi connectivity index (χ0) is 57.3. The van der Waals surface area contributed by atoms with Crippen LogP contribution in [-0.4, -0.2) is 131 Å². The molecule has 0 atom stereocenters. The van der Waals surface area contributed by atoms with Crippen molar-refractivity contribution in [3.8, 4) is 0 Å². The average Bonchev–Trinajstić information content (AvgIpc) is 3.91. The molecule has 0 unspecified atom stereocenters. The maximum absolute atomic E-state index is 11.6. The van der Waals surface area contributed by atoms with Crippen molar-refractivity contribution in [1.82, 2.24) is 35.3 Å². The molecule has 0 aromatic carbocycles. The lowest BCUT2D eigenvalue weighted by atomic mass is 9.73. The SMILES string of the molecule is CC(C)(C)OC(=O)CC1CC(C(=O)O)C1.CC(C)(C)OC(=O)CC1CC(C(N)=O)C1.CC(C)(C)OC(=O)CC1CC(c2ncn[nH]2)C1.CN(C)C=NC(=O)C1CC(CC(=O)OC(C)(C)C)C1.Cl.Cl.NC1CC(c2ncn[nH]2)C1. The Morgan fingerprint density at radius 3 is 1.14 bits per heavy atom. The van der Waals surface area contributed by atoms with Gasteiger partial charge in [0.05, 0.1) is 12.3 Å². The van der Waals surface area contributed by atoms with E-state index in [-0.39, 0.29) is 102 Å². The van der Waals surface area contributed by atoms with Gasteiger partial charge in [0.15, 0.2) is 0 Å². The highest BCUT2D eigenvalue weighted by Crippen LogP contribution is 2.42. The van der Waals surface area contributed by atoms with Crippen molar-refractivity contribution < 1.29 is 57.6 Å². The van der Waals surface area contributed by atoms with Gasteiger partial charge in [-0.25, -0.2) is 15.0 Å². The molecule has 5 fully saturated rings. The third kappa shape index (κ3) is 28.6. The number of aromatic nitrogens is 6. The Balaban J connectivity index is 0.000000489. The molecule has 5 aliphatic rings. The van der Waals surface area contributed by atoms with Gasteiger partial charge >= 0.3 is 29.8 Å². The maximum Gasteiger partial charge on any atom is 0.306 e. The van der Waals surface area contributed by atoms with E-state index >= 15 is 0 Å². The monoisotopic (exact) mass is 1140 g/mol. The number of ether oxygens (including phenoxy) is 4. The predicted molar refractivity (Wildman–Crippen MR) is 297 cm³/mol. The third-order valence-electron chi connectivity index (χ3n) is 12.8. The lowest BCUT2D eigenvalue weighted by molar-refractivity contribution is -0.159.